The molecule has 2 aromatic heterocycles. The van der Waals surface area contributed by atoms with E-state index in [1.165, 1.54) is 0 Å². The molecule has 1 fully saturated rings. The van der Waals surface area contributed by atoms with E-state index in [4.69, 9.17) is 4.74 Å². The zero-order chi connectivity index (χ0) is 16.8. The van der Waals surface area contributed by atoms with Crippen molar-refractivity contribution in [1.29, 1.82) is 0 Å². The van der Waals surface area contributed by atoms with Crippen molar-refractivity contribution in [1.82, 2.24) is 25.2 Å². The van der Waals surface area contributed by atoms with Gasteiger partial charge in [-0.15, -0.1) is 10.2 Å². The predicted molar refractivity (Wildman–Crippen MR) is 94.3 cm³/mol. The third-order valence-electron chi connectivity index (χ3n) is 4.41. The second-order valence-electron chi connectivity index (χ2n) is 6.40. The Morgan fingerprint density at radius 1 is 1.38 bits per heavy atom. The van der Waals surface area contributed by atoms with Gasteiger partial charge in [-0.3, -0.25) is 9.39 Å². The van der Waals surface area contributed by atoms with Crippen molar-refractivity contribution in [2.24, 2.45) is 4.99 Å². The van der Waals surface area contributed by atoms with Crippen LogP contribution in [-0.4, -0.2) is 52.9 Å². The van der Waals surface area contributed by atoms with E-state index < -0.39 is 0 Å². The van der Waals surface area contributed by atoms with Gasteiger partial charge < -0.3 is 15.4 Å². The minimum atomic E-state index is -0.0714. The molecule has 0 saturated carbocycles. The molecule has 1 saturated heterocycles. The average Bonchev–Trinajstić information content (AvgIpc) is 3.21. The van der Waals surface area contributed by atoms with E-state index in [9.17, 15) is 0 Å². The van der Waals surface area contributed by atoms with E-state index in [-0.39, 0.29) is 5.60 Å². The van der Waals surface area contributed by atoms with Crippen LogP contribution in [0.1, 0.15) is 32.0 Å². The molecule has 0 spiro atoms. The molecule has 1 aliphatic heterocycles. The number of aromatic nitrogens is 3. The van der Waals surface area contributed by atoms with Gasteiger partial charge in [-0.05, 0) is 38.3 Å². The molecule has 130 valence electrons. The standard InChI is InChI=1S/C17H26N6O/c1-17(9-6-12-24-17)13-20-16(18-2)19-10-5-8-15-22-21-14-7-3-4-11-23(14)15/h3-4,7,11H,5-6,8-10,12-13H2,1-2H3,(H2,18,19,20). The molecular formula is C17H26N6O. The molecule has 3 rings (SSSR count). The van der Waals surface area contributed by atoms with Gasteiger partial charge in [-0.1, -0.05) is 6.07 Å². The third-order valence-corrected chi connectivity index (χ3v) is 4.41. The second kappa shape index (κ2) is 7.61. The number of nitrogens with one attached hydrogen (secondary N) is 2. The summed E-state index contributed by atoms with van der Waals surface area (Å²) < 4.78 is 7.82. The number of ether oxygens (including phenoxy) is 1. The highest BCUT2D eigenvalue weighted by Crippen LogP contribution is 2.23. The predicted octanol–water partition coefficient (Wildman–Crippen LogP) is 1.40. The van der Waals surface area contributed by atoms with Crippen molar-refractivity contribution in [2.75, 3.05) is 26.7 Å². The van der Waals surface area contributed by atoms with Gasteiger partial charge >= 0.3 is 0 Å². The molecule has 0 aromatic carbocycles. The molecule has 7 heteroatoms. The SMILES string of the molecule is CN=C(NCCCc1nnc2ccccn12)NCC1(C)CCCO1. The Kier molecular flexibility index (Phi) is 5.30. The van der Waals surface area contributed by atoms with Crippen LogP contribution in [0.5, 0.6) is 0 Å². The van der Waals surface area contributed by atoms with E-state index in [1.807, 2.05) is 28.8 Å². The molecule has 2 aromatic rings. The Hall–Kier alpha value is -2.15. The summed E-state index contributed by atoms with van der Waals surface area (Å²) >= 11 is 0. The van der Waals surface area contributed by atoms with Crippen molar-refractivity contribution in [2.45, 2.75) is 38.2 Å². The van der Waals surface area contributed by atoms with Crippen LogP contribution in [-0.2, 0) is 11.2 Å². The van der Waals surface area contributed by atoms with Crippen LogP contribution >= 0.6 is 0 Å². The number of hydrogen-bond acceptors (Lipinski definition) is 4. The molecule has 1 aliphatic rings. The number of aliphatic imine (C=N–C) groups is 1. The molecule has 0 aliphatic carbocycles. The van der Waals surface area contributed by atoms with Crippen molar-refractivity contribution in [3.05, 3.63) is 30.2 Å². The Bertz CT molecular complexity index is 689. The summed E-state index contributed by atoms with van der Waals surface area (Å²) in [6.45, 7) is 4.62. The fourth-order valence-electron chi connectivity index (χ4n) is 2.98. The number of pyridine rings is 1. The highest BCUT2D eigenvalue weighted by molar-refractivity contribution is 5.79. The Labute approximate surface area is 142 Å². The first-order valence-corrected chi connectivity index (χ1v) is 8.57. The second-order valence-corrected chi connectivity index (χ2v) is 6.40. The number of nitrogens with zero attached hydrogens (tertiary/aromatic N) is 4. The summed E-state index contributed by atoms with van der Waals surface area (Å²) in [4.78, 5) is 4.27. The first kappa shape index (κ1) is 16.7. The lowest BCUT2D eigenvalue weighted by Gasteiger charge is -2.24. The lowest BCUT2D eigenvalue weighted by molar-refractivity contribution is 0.0243. The summed E-state index contributed by atoms with van der Waals surface area (Å²) in [5.74, 6) is 1.81. The fraction of sp³-hybridized carbons (Fsp3) is 0.588. The van der Waals surface area contributed by atoms with Crippen LogP contribution in [0, 0.1) is 0 Å². The average molecular weight is 330 g/mol. The molecule has 0 radical (unpaired) electrons. The first-order valence-electron chi connectivity index (χ1n) is 8.57. The van der Waals surface area contributed by atoms with Gasteiger partial charge in [-0.25, -0.2) is 0 Å². The van der Waals surface area contributed by atoms with Crippen molar-refractivity contribution in [3.8, 4) is 0 Å². The van der Waals surface area contributed by atoms with Crippen molar-refractivity contribution >= 4 is 11.6 Å². The number of guanidine groups is 1. The Balaban J connectivity index is 1.41. The highest BCUT2D eigenvalue weighted by atomic mass is 16.5. The van der Waals surface area contributed by atoms with Crippen molar-refractivity contribution < 1.29 is 4.74 Å². The summed E-state index contributed by atoms with van der Waals surface area (Å²) in [5.41, 5.74) is 0.820. The quantitative estimate of drug-likeness (QED) is 0.476. The van der Waals surface area contributed by atoms with Gasteiger partial charge in [0.25, 0.3) is 0 Å². The maximum absolute atomic E-state index is 5.79. The summed E-state index contributed by atoms with van der Waals surface area (Å²) in [6.07, 6.45) is 6.06. The van der Waals surface area contributed by atoms with E-state index in [0.29, 0.717) is 0 Å². The summed E-state index contributed by atoms with van der Waals surface area (Å²) in [6, 6.07) is 5.93. The normalized spacial score (nSPS) is 21.3. The minimum Gasteiger partial charge on any atom is -0.373 e. The molecule has 1 unspecified atom stereocenters. The number of rotatable bonds is 6. The molecule has 24 heavy (non-hydrogen) atoms. The van der Waals surface area contributed by atoms with Gasteiger partial charge in [0.05, 0.1) is 5.60 Å². The van der Waals surface area contributed by atoms with Crippen molar-refractivity contribution in [3.63, 3.8) is 0 Å². The van der Waals surface area contributed by atoms with E-state index in [0.717, 1.165) is 62.8 Å². The van der Waals surface area contributed by atoms with Gasteiger partial charge in [0.1, 0.15) is 5.82 Å². The lowest BCUT2D eigenvalue weighted by atomic mass is 10.0. The molecular weight excluding hydrogens is 304 g/mol. The maximum Gasteiger partial charge on any atom is 0.191 e. The largest absolute Gasteiger partial charge is 0.373 e. The topological polar surface area (TPSA) is 75.8 Å². The van der Waals surface area contributed by atoms with Gasteiger partial charge in [0.15, 0.2) is 11.6 Å². The number of fused-ring (bicyclic) bond motifs is 1. The molecule has 3 heterocycles. The zero-order valence-electron chi connectivity index (χ0n) is 14.5. The number of aryl methyl sites for hydroxylation is 1. The molecule has 2 N–H and O–H groups in total. The molecule has 7 nitrogen and oxygen atoms in total. The van der Waals surface area contributed by atoms with Gasteiger partial charge in [0.2, 0.25) is 0 Å². The fourth-order valence-corrected chi connectivity index (χ4v) is 2.98. The Morgan fingerprint density at radius 2 is 2.29 bits per heavy atom. The molecule has 0 amide bonds. The third kappa shape index (κ3) is 4.03. The minimum absolute atomic E-state index is 0.0714. The highest BCUT2D eigenvalue weighted by Gasteiger charge is 2.29. The smallest absolute Gasteiger partial charge is 0.191 e. The summed E-state index contributed by atoms with van der Waals surface area (Å²) in [5, 5.41) is 15.1. The zero-order valence-corrected chi connectivity index (χ0v) is 14.5. The van der Waals surface area contributed by atoms with Gasteiger partial charge in [0, 0.05) is 39.4 Å². The van der Waals surface area contributed by atoms with Crippen LogP contribution in [0.2, 0.25) is 0 Å². The van der Waals surface area contributed by atoms with Crippen LogP contribution in [0.15, 0.2) is 29.4 Å². The van der Waals surface area contributed by atoms with Gasteiger partial charge in [-0.2, -0.15) is 0 Å². The number of hydrogen-bond donors (Lipinski definition) is 2. The van der Waals surface area contributed by atoms with E-state index in [2.05, 4.69) is 32.7 Å². The molecule has 0 bridgehead atoms. The van der Waals surface area contributed by atoms with Crippen LogP contribution < -0.4 is 10.6 Å². The molecule has 1 atom stereocenters. The monoisotopic (exact) mass is 330 g/mol. The lowest BCUT2D eigenvalue weighted by Crippen LogP contribution is -2.45. The van der Waals surface area contributed by atoms with E-state index >= 15 is 0 Å². The summed E-state index contributed by atoms with van der Waals surface area (Å²) in [7, 11) is 1.79. The van der Waals surface area contributed by atoms with Crippen LogP contribution in [0.3, 0.4) is 0 Å². The van der Waals surface area contributed by atoms with E-state index in [1.54, 1.807) is 7.05 Å². The first-order chi connectivity index (χ1) is 11.7. The Morgan fingerprint density at radius 3 is 3.08 bits per heavy atom. The van der Waals surface area contributed by atoms with Crippen LogP contribution in [0.4, 0.5) is 0 Å². The maximum atomic E-state index is 5.79. The van der Waals surface area contributed by atoms with Crippen LogP contribution in [0.25, 0.3) is 5.65 Å².